The number of β-amino-alcohol motifs (C(OH)–C–C–N with tert-alkyl or cyclic N) is 1. The molecule has 0 fully saturated rings. The molecule has 0 aliphatic heterocycles. The quantitative estimate of drug-likeness (QED) is 0.453. The van der Waals surface area contributed by atoms with Crippen LogP contribution in [0.5, 0.6) is 0 Å². The standard InChI is InChI=1S/C9H19NO4/c1-3-4-9(2,8(13)14)10-5-7(12)6-11/h7,10-12H,3-6H2,1-2H3,(H,13,14). The maximum absolute atomic E-state index is 10.9. The average Bonchev–Trinajstić information content (AvgIpc) is 2.14. The van der Waals surface area contributed by atoms with Crippen molar-refractivity contribution in [1.29, 1.82) is 0 Å². The number of rotatable bonds is 7. The second-order valence-electron chi connectivity index (χ2n) is 3.60. The summed E-state index contributed by atoms with van der Waals surface area (Å²) >= 11 is 0. The van der Waals surface area contributed by atoms with Crippen LogP contribution in [0.15, 0.2) is 0 Å². The number of aliphatic carboxylic acids is 1. The number of carboxylic acid groups (broad SMARTS) is 1. The molecule has 5 heteroatoms. The Morgan fingerprint density at radius 3 is 2.50 bits per heavy atom. The molecule has 0 radical (unpaired) electrons. The molecule has 5 nitrogen and oxygen atoms in total. The fourth-order valence-electron chi connectivity index (χ4n) is 1.18. The van der Waals surface area contributed by atoms with Gasteiger partial charge < -0.3 is 15.3 Å². The smallest absolute Gasteiger partial charge is 0.323 e. The molecule has 84 valence electrons. The monoisotopic (exact) mass is 205 g/mol. The van der Waals surface area contributed by atoms with Crippen molar-refractivity contribution >= 4 is 5.97 Å². The number of carboxylic acids is 1. The highest BCUT2D eigenvalue weighted by Gasteiger charge is 2.31. The Morgan fingerprint density at radius 2 is 2.14 bits per heavy atom. The van der Waals surface area contributed by atoms with Gasteiger partial charge >= 0.3 is 5.97 Å². The first-order chi connectivity index (χ1) is 6.46. The molecule has 2 atom stereocenters. The number of hydrogen-bond acceptors (Lipinski definition) is 4. The molecule has 0 aliphatic carbocycles. The van der Waals surface area contributed by atoms with E-state index in [0.29, 0.717) is 6.42 Å². The number of carbonyl (C=O) groups is 1. The molecular weight excluding hydrogens is 186 g/mol. The first-order valence-electron chi connectivity index (χ1n) is 4.73. The lowest BCUT2D eigenvalue weighted by atomic mass is 9.96. The fourth-order valence-corrected chi connectivity index (χ4v) is 1.18. The van der Waals surface area contributed by atoms with E-state index in [1.807, 2.05) is 6.92 Å². The second kappa shape index (κ2) is 5.95. The van der Waals surface area contributed by atoms with Crippen molar-refractivity contribution < 1.29 is 20.1 Å². The molecule has 0 heterocycles. The number of nitrogens with one attached hydrogen (secondary N) is 1. The minimum absolute atomic E-state index is 0.0826. The molecule has 0 aromatic carbocycles. The van der Waals surface area contributed by atoms with Crippen molar-refractivity contribution in [3.05, 3.63) is 0 Å². The van der Waals surface area contributed by atoms with Gasteiger partial charge in [0.1, 0.15) is 5.54 Å². The molecule has 14 heavy (non-hydrogen) atoms. The van der Waals surface area contributed by atoms with Crippen LogP contribution in [-0.2, 0) is 4.79 Å². The Balaban J connectivity index is 4.16. The number of aliphatic hydroxyl groups excluding tert-OH is 2. The van der Waals surface area contributed by atoms with Gasteiger partial charge in [0.2, 0.25) is 0 Å². The topological polar surface area (TPSA) is 89.8 Å². The predicted octanol–water partition coefficient (Wildman–Crippen LogP) is -0.427. The van der Waals surface area contributed by atoms with E-state index in [0.717, 1.165) is 6.42 Å². The molecule has 0 saturated carbocycles. The zero-order valence-electron chi connectivity index (χ0n) is 8.66. The fraction of sp³-hybridized carbons (Fsp3) is 0.889. The van der Waals surface area contributed by atoms with Gasteiger partial charge in [0, 0.05) is 6.54 Å². The molecule has 0 amide bonds. The van der Waals surface area contributed by atoms with Crippen molar-refractivity contribution in [2.24, 2.45) is 0 Å². The Hall–Kier alpha value is -0.650. The molecule has 0 saturated heterocycles. The second-order valence-corrected chi connectivity index (χ2v) is 3.60. The normalized spacial score (nSPS) is 17.4. The number of aliphatic hydroxyl groups is 2. The van der Waals surface area contributed by atoms with Crippen molar-refractivity contribution in [3.63, 3.8) is 0 Å². The summed E-state index contributed by atoms with van der Waals surface area (Å²) in [5, 5.41) is 29.3. The zero-order chi connectivity index (χ0) is 11.2. The molecule has 0 rings (SSSR count). The predicted molar refractivity (Wildman–Crippen MR) is 52.0 cm³/mol. The lowest BCUT2D eigenvalue weighted by Crippen LogP contribution is -2.52. The van der Waals surface area contributed by atoms with Gasteiger partial charge in [-0.25, -0.2) is 0 Å². The summed E-state index contributed by atoms with van der Waals surface area (Å²) < 4.78 is 0. The van der Waals surface area contributed by atoms with Crippen LogP contribution in [0.4, 0.5) is 0 Å². The van der Waals surface area contributed by atoms with Crippen LogP contribution in [0, 0.1) is 0 Å². The lowest BCUT2D eigenvalue weighted by molar-refractivity contribution is -0.144. The maximum Gasteiger partial charge on any atom is 0.323 e. The Labute approximate surface area is 83.8 Å². The van der Waals surface area contributed by atoms with Crippen LogP contribution in [0.2, 0.25) is 0 Å². The van der Waals surface area contributed by atoms with Gasteiger partial charge in [-0.15, -0.1) is 0 Å². The molecule has 4 N–H and O–H groups in total. The third-order valence-electron chi connectivity index (χ3n) is 2.16. The van der Waals surface area contributed by atoms with E-state index < -0.39 is 17.6 Å². The average molecular weight is 205 g/mol. The summed E-state index contributed by atoms with van der Waals surface area (Å²) in [7, 11) is 0. The van der Waals surface area contributed by atoms with Crippen LogP contribution in [-0.4, -0.2) is 46.1 Å². The van der Waals surface area contributed by atoms with E-state index in [-0.39, 0.29) is 13.2 Å². The van der Waals surface area contributed by atoms with Crippen LogP contribution >= 0.6 is 0 Å². The van der Waals surface area contributed by atoms with Crippen LogP contribution in [0.25, 0.3) is 0 Å². The summed E-state index contributed by atoms with van der Waals surface area (Å²) in [4.78, 5) is 10.9. The van der Waals surface area contributed by atoms with Crippen LogP contribution in [0.1, 0.15) is 26.7 Å². The van der Waals surface area contributed by atoms with Gasteiger partial charge in [-0.1, -0.05) is 13.3 Å². The van der Waals surface area contributed by atoms with Crippen molar-refractivity contribution in [1.82, 2.24) is 5.32 Å². The summed E-state index contributed by atoms with van der Waals surface area (Å²) in [5.41, 5.74) is -1.02. The highest BCUT2D eigenvalue weighted by molar-refractivity contribution is 5.78. The first kappa shape index (κ1) is 13.4. The molecular formula is C9H19NO4. The third-order valence-corrected chi connectivity index (χ3v) is 2.16. The third kappa shape index (κ3) is 4.04. The molecule has 0 aliphatic rings. The van der Waals surface area contributed by atoms with E-state index in [1.165, 1.54) is 0 Å². The van der Waals surface area contributed by atoms with Crippen LogP contribution < -0.4 is 5.32 Å². The van der Waals surface area contributed by atoms with Gasteiger partial charge in [0.25, 0.3) is 0 Å². The lowest BCUT2D eigenvalue weighted by Gasteiger charge is -2.26. The molecule has 0 aromatic rings. The molecule has 2 unspecified atom stereocenters. The summed E-state index contributed by atoms with van der Waals surface area (Å²) in [6.07, 6.45) is 0.316. The van der Waals surface area contributed by atoms with Gasteiger partial charge in [-0.3, -0.25) is 10.1 Å². The van der Waals surface area contributed by atoms with E-state index in [9.17, 15) is 4.79 Å². The Kier molecular flexibility index (Phi) is 5.68. The summed E-state index contributed by atoms with van der Waals surface area (Å²) in [6, 6.07) is 0. The van der Waals surface area contributed by atoms with E-state index in [2.05, 4.69) is 5.32 Å². The minimum atomic E-state index is -1.02. The number of hydrogen-bond donors (Lipinski definition) is 4. The Bertz CT molecular complexity index is 186. The first-order valence-corrected chi connectivity index (χ1v) is 4.73. The van der Waals surface area contributed by atoms with E-state index in [4.69, 9.17) is 15.3 Å². The van der Waals surface area contributed by atoms with E-state index in [1.54, 1.807) is 6.92 Å². The largest absolute Gasteiger partial charge is 0.480 e. The maximum atomic E-state index is 10.9. The highest BCUT2D eigenvalue weighted by atomic mass is 16.4. The van der Waals surface area contributed by atoms with Gasteiger partial charge in [0.05, 0.1) is 12.7 Å². The highest BCUT2D eigenvalue weighted by Crippen LogP contribution is 2.12. The zero-order valence-corrected chi connectivity index (χ0v) is 8.66. The Morgan fingerprint density at radius 1 is 1.57 bits per heavy atom. The van der Waals surface area contributed by atoms with Crippen molar-refractivity contribution in [2.75, 3.05) is 13.2 Å². The molecule has 0 bridgehead atoms. The summed E-state index contributed by atoms with van der Waals surface area (Å²) in [5.74, 6) is -0.940. The van der Waals surface area contributed by atoms with Gasteiger partial charge in [-0.05, 0) is 13.3 Å². The van der Waals surface area contributed by atoms with Gasteiger partial charge in [-0.2, -0.15) is 0 Å². The SMILES string of the molecule is CCCC(C)(NCC(O)CO)C(=O)O. The van der Waals surface area contributed by atoms with Crippen molar-refractivity contribution in [3.8, 4) is 0 Å². The van der Waals surface area contributed by atoms with Crippen molar-refractivity contribution in [2.45, 2.75) is 38.3 Å². The van der Waals surface area contributed by atoms with Crippen LogP contribution in [0.3, 0.4) is 0 Å². The van der Waals surface area contributed by atoms with Gasteiger partial charge in [0.15, 0.2) is 0 Å². The van der Waals surface area contributed by atoms with E-state index >= 15 is 0 Å². The summed E-state index contributed by atoms with van der Waals surface area (Å²) in [6.45, 7) is 3.18. The molecule has 0 spiro atoms. The minimum Gasteiger partial charge on any atom is -0.480 e. The molecule has 0 aromatic heterocycles.